The normalized spacial score (nSPS) is 33.9. The van der Waals surface area contributed by atoms with Gasteiger partial charge in [-0.25, -0.2) is 0 Å². The molecule has 1 heterocycles. The molecule has 0 spiro atoms. The maximum atomic E-state index is 2.53. The van der Waals surface area contributed by atoms with Crippen LogP contribution in [0.4, 0.5) is 0 Å². The Hall–Kier alpha value is -0.0400. The molecule has 0 aromatic rings. The summed E-state index contributed by atoms with van der Waals surface area (Å²) in [6.45, 7) is 9.59. The maximum absolute atomic E-state index is 2.53. The van der Waals surface area contributed by atoms with Gasteiger partial charge in [0.05, 0.1) is 0 Å². The van der Waals surface area contributed by atoms with Crippen molar-refractivity contribution in [3.63, 3.8) is 0 Å². The highest BCUT2D eigenvalue weighted by Crippen LogP contribution is 2.18. The van der Waals surface area contributed by atoms with Crippen LogP contribution in [0.15, 0.2) is 0 Å². The monoisotopic (exact) mass is 141 g/mol. The van der Waals surface area contributed by atoms with E-state index in [1.165, 1.54) is 25.9 Å². The van der Waals surface area contributed by atoms with E-state index in [9.17, 15) is 0 Å². The summed E-state index contributed by atoms with van der Waals surface area (Å²) in [5.41, 5.74) is 0. The average molecular weight is 141 g/mol. The zero-order valence-electron chi connectivity index (χ0n) is 7.43. The van der Waals surface area contributed by atoms with Crippen molar-refractivity contribution in [2.75, 3.05) is 13.1 Å². The van der Waals surface area contributed by atoms with Crippen molar-refractivity contribution in [3.8, 4) is 0 Å². The Kier molecular flexibility index (Phi) is 2.72. The summed E-state index contributed by atoms with van der Waals surface area (Å²) < 4.78 is 0. The molecule has 0 bridgehead atoms. The number of hydrogen-bond acceptors (Lipinski definition) is 1. The molecule has 1 fully saturated rings. The van der Waals surface area contributed by atoms with Crippen LogP contribution in [0.25, 0.3) is 0 Å². The third-order valence-electron chi connectivity index (χ3n) is 2.59. The predicted molar refractivity (Wildman–Crippen MR) is 45.1 cm³/mol. The van der Waals surface area contributed by atoms with Crippen LogP contribution in [0.1, 0.15) is 33.6 Å². The summed E-state index contributed by atoms with van der Waals surface area (Å²) in [7, 11) is 0. The van der Waals surface area contributed by atoms with Gasteiger partial charge in [0.2, 0.25) is 0 Å². The summed E-state index contributed by atoms with van der Waals surface area (Å²) in [6, 6.07) is 0.893. The lowest BCUT2D eigenvalue weighted by Crippen LogP contribution is -2.06. The van der Waals surface area contributed by atoms with E-state index in [1.807, 2.05) is 0 Å². The van der Waals surface area contributed by atoms with Crippen molar-refractivity contribution in [1.29, 1.82) is 0 Å². The van der Waals surface area contributed by atoms with E-state index >= 15 is 0 Å². The zero-order chi connectivity index (χ0) is 7.56. The standard InChI is InChI=1S/C9H19N/c1-4-8(2)5-6-10-7-9(10)3/h8-9H,4-7H2,1-3H3. The van der Waals surface area contributed by atoms with E-state index in [1.54, 1.807) is 0 Å². The molecule has 0 saturated carbocycles. The Labute approximate surface area is 64.4 Å². The van der Waals surface area contributed by atoms with Crippen LogP contribution in [0.2, 0.25) is 0 Å². The van der Waals surface area contributed by atoms with Gasteiger partial charge in [0.15, 0.2) is 0 Å². The molecule has 0 aromatic heterocycles. The van der Waals surface area contributed by atoms with E-state index in [2.05, 4.69) is 25.7 Å². The molecule has 1 nitrogen and oxygen atoms in total. The van der Waals surface area contributed by atoms with Crippen LogP contribution in [-0.4, -0.2) is 24.0 Å². The van der Waals surface area contributed by atoms with E-state index in [0.717, 1.165) is 12.0 Å². The van der Waals surface area contributed by atoms with Crippen LogP contribution in [0, 0.1) is 5.92 Å². The van der Waals surface area contributed by atoms with Crippen LogP contribution >= 0.6 is 0 Å². The molecule has 3 atom stereocenters. The van der Waals surface area contributed by atoms with Gasteiger partial charge in [0.1, 0.15) is 0 Å². The molecule has 0 amide bonds. The summed E-state index contributed by atoms with van der Waals surface area (Å²) in [5, 5.41) is 0. The van der Waals surface area contributed by atoms with E-state index < -0.39 is 0 Å². The topological polar surface area (TPSA) is 3.01 Å². The Balaban J connectivity index is 1.95. The van der Waals surface area contributed by atoms with Crippen LogP contribution in [0.5, 0.6) is 0 Å². The molecule has 60 valence electrons. The fourth-order valence-corrected chi connectivity index (χ4v) is 1.19. The zero-order valence-corrected chi connectivity index (χ0v) is 7.43. The highest BCUT2D eigenvalue weighted by Gasteiger charge is 2.27. The van der Waals surface area contributed by atoms with Gasteiger partial charge in [0, 0.05) is 12.6 Å². The van der Waals surface area contributed by atoms with E-state index in [0.29, 0.717) is 0 Å². The Morgan fingerprint density at radius 2 is 2.20 bits per heavy atom. The Morgan fingerprint density at radius 3 is 2.60 bits per heavy atom. The van der Waals surface area contributed by atoms with Crippen molar-refractivity contribution in [3.05, 3.63) is 0 Å². The third-order valence-corrected chi connectivity index (χ3v) is 2.59. The molecule has 1 aliphatic heterocycles. The van der Waals surface area contributed by atoms with E-state index in [-0.39, 0.29) is 0 Å². The van der Waals surface area contributed by atoms with Gasteiger partial charge in [-0.2, -0.15) is 0 Å². The predicted octanol–water partition coefficient (Wildman–Crippen LogP) is 2.13. The first-order valence-electron chi connectivity index (χ1n) is 4.48. The third kappa shape index (κ3) is 2.30. The molecule has 0 aliphatic carbocycles. The second-order valence-electron chi connectivity index (χ2n) is 3.65. The van der Waals surface area contributed by atoms with Gasteiger partial charge in [0.25, 0.3) is 0 Å². The van der Waals surface area contributed by atoms with Crippen LogP contribution in [-0.2, 0) is 0 Å². The maximum Gasteiger partial charge on any atom is 0.0195 e. The summed E-state index contributed by atoms with van der Waals surface area (Å²) >= 11 is 0. The SMILES string of the molecule is CCC(C)CCN1CC1C. The van der Waals surface area contributed by atoms with E-state index in [4.69, 9.17) is 0 Å². The summed E-state index contributed by atoms with van der Waals surface area (Å²) in [4.78, 5) is 2.53. The average Bonchev–Trinajstić information content (AvgIpc) is 2.61. The van der Waals surface area contributed by atoms with Gasteiger partial charge in [-0.3, -0.25) is 4.90 Å². The van der Waals surface area contributed by atoms with Crippen LogP contribution in [0.3, 0.4) is 0 Å². The summed E-state index contributed by atoms with van der Waals surface area (Å²) in [6.07, 6.45) is 2.73. The molecular formula is C9H19N. The van der Waals surface area contributed by atoms with Gasteiger partial charge in [-0.1, -0.05) is 20.3 Å². The molecule has 1 rings (SSSR count). The van der Waals surface area contributed by atoms with Crippen molar-refractivity contribution < 1.29 is 0 Å². The van der Waals surface area contributed by atoms with Gasteiger partial charge < -0.3 is 0 Å². The molecule has 10 heavy (non-hydrogen) atoms. The number of rotatable bonds is 4. The van der Waals surface area contributed by atoms with Crippen molar-refractivity contribution >= 4 is 0 Å². The second-order valence-corrected chi connectivity index (χ2v) is 3.65. The molecule has 0 N–H and O–H groups in total. The fourth-order valence-electron chi connectivity index (χ4n) is 1.19. The van der Waals surface area contributed by atoms with Gasteiger partial charge >= 0.3 is 0 Å². The highest BCUT2D eigenvalue weighted by atomic mass is 15.3. The van der Waals surface area contributed by atoms with Crippen molar-refractivity contribution in [1.82, 2.24) is 4.90 Å². The van der Waals surface area contributed by atoms with Gasteiger partial charge in [-0.05, 0) is 25.8 Å². The minimum absolute atomic E-state index is 0.893. The lowest BCUT2D eigenvalue weighted by atomic mass is 10.1. The fraction of sp³-hybridized carbons (Fsp3) is 1.00. The quantitative estimate of drug-likeness (QED) is 0.542. The summed E-state index contributed by atoms with van der Waals surface area (Å²) in [5.74, 6) is 0.924. The van der Waals surface area contributed by atoms with Crippen molar-refractivity contribution in [2.45, 2.75) is 39.7 Å². The largest absolute Gasteiger partial charge is 0.298 e. The highest BCUT2D eigenvalue weighted by molar-refractivity contribution is 4.84. The first kappa shape index (κ1) is 8.06. The molecule has 0 radical (unpaired) electrons. The minimum atomic E-state index is 0.893. The lowest BCUT2D eigenvalue weighted by Gasteiger charge is -2.07. The first-order valence-corrected chi connectivity index (χ1v) is 4.48. The van der Waals surface area contributed by atoms with Crippen LogP contribution < -0.4 is 0 Å². The molecular weight excluding hydrogens is 122 g/mol. The molecule has 3 unspecified atom stereocenters. The molecule has 1 saturated heterocycles. The lowest BCUT2D eigenvalue weighted by molar-refractivity contribution is 0.420. The Bertz CT molecular complexity index is 96.9. The molecule has 1 aliphatic rings. The smallest absolute Gasteiger partial charge is 0.0195 e. The Morgan fingerprint density at radius 1 is 1.60 bits per heavy atom. The number of hydrogen-bond donors (Lipinski definition) is 0. The second kappa shape index (κ2) is 3.38. The minimum Gasteiger partial charge on any atom is -0.298 e. The van der Waals surface area contributed by atoms with Crippen molar-refractivity contribution in [2.24, 2.45) is 5.92 Å². The van der Waals surface area contributed by atoms with Gasteiger partial charge in [-0.15, -0.1) is 0 Å². The molecule has 1 heteroatoms. The molecule has 0 aromatic carbocycles. The number of nitrogens with zero attached hydrogens (tertiary/aromatic N) is 1. The first-order chi connectivity index (χ1) is 4.74.